The highest BCUT2D eigenvalue weighted by atomic mass is 35.5. The molecule has 0 spiro atoms. The van der Waals surface area contributed by atoms with E-state index in [1.54, 1.807) is 0 Å². The largest absolute Gasteiger partial charge is 0.378 e. The maximum absolute atomic E-state index is 13.1. The molecule has 1 amide bonds. The van der Waals surface area contributed by atoms with Crippen molar-refractivity contribution in [2.24, 2.45) is 11.1 Å². The molecule has 1 aliphatic carbocycles. The average molecular weight is 380 g/mol. The quantitative estimate of drug-likeness (QED) is 0.854. The van der Waals surface area contributed by atoms with Crippen LogP contribution in [-0.2, 0) is 16.1 Å². The molecule has 3 rings (SSSR count). The third kappa shape index (κ3) is 3.50. The summed E-state index contributed by atoms with van der Waals surface area (Å²) >= 11 is 6.07. The van der Waals surface area contributed by atoms with Crippen LogP contribution in [0, 0.1) is 5.41 Å². The number of piperazine rings is 1. The molecule has 5 nitrogen and oxygen atoms in total. The normalized spacial score (nSPS) is 28.7. The van der Waals surface area contributed by atoms with E-state index in [2.05, 4.69) is 11.0 Å². The molecule has 0 radical (unpaired) electrons. The number of carbonyl (C=O) groups is 1. The Morgan fingerprint density at radius 1 is 1.31 bits per heavy atom. The Bertz CT molecular complexity index is 658. The van der Waals surface area contributed by atoms with Crippen molar-refractivity contribution in [2.45, 2.75) is 45.4 Å². The summed E-state index contributed by atoms with van der Waals surface area (Å²) in [7, 11) is 0. The van der Waals surface area contributed by atoms with Crippen LogP contribution in [-0.4, -0.2) is 60.1 Å². The number of hydrogen-bond donors (Lipinski definition) is 1. The van der Waals surface area contributed by atoms with Gasteiger partial charge in [0, 0.05) is 56.2 Å². The van der Waals surface area contributed by atoms with Crippen LogP contribution < -0.4 is 5.73 Å². The first-order valence-corrected chi connectivity index (χ1v) is 9.82. The fourth-order valence-electron chi connectivity index (χ4n) is 4.08. The minimum atomic E-state index is -0.817. The van der Waals surface area contributed by atoms with E-state index in [0.717, 1.165) is 24.7 Å². The maximum atomic E-state index is 13.1. The van der Waals surface area contributed by atoms with Crippen LogP contribution in [0.1, 0.15) is 32.8 Å². The summed E-state index contributed by atoms with van der Waals surface area (Å²) in [6.07, 6.45) is 0.667. The summed E-state index contributed by atoms with van der Waals surface area (Å²) < 4.78 is 5.75. The van der Waals surface area contributed by atoms with Crippen molar-refractivity contribution >= 4 is 17.5 Å². The number of rotatable bonds is 5. The van der Waals surface area contributed by atoms with Crippen molar-refractivity contribution in [3.05, 3.63) is 34.9 Å². The lowest BCUT2D eigenvalue weighted by Gasteiger charge is -2.59. The second kappa shape index (κ2) is 7.47. The van der Waals surface area contributed by atoms with Gasteiger partial charge in [-0.2, -0.15) is 0 Å². The van der Waals surface area contributed by atoms with Gasteiger partial charge in [0.25, 0.3) is 0 Å². The Morgan fingerprint density at radius 3 is 2.58 bits per heavy atom. The lowest BCUT2D eigenvalue weighted by atomic mass is 9.54. The van der Waals surface area contributed by atoms with E-state index in [4.69, 9.17) is 22.1 Å². The predicted octanol–water partition coefficient (Wildman–Crippen LogP) is 2.52. The summed E-state index contributed by atoms with van der Waals surface area (Å²) in [5.74, 6) is 0.0702. The number of amides is 1. The third-order valence-electron chi connectivity index (χ3n) is 6.17. The topological polar surface area (TPSA) is 58.8 Å². The van der Waals surface area contributed by atoms with Crippen LogP contribution in [0.25, 0.3) is 0 Å². The molecule has 1 saturated heterocycles. The summed E-state index contributed by atoms with van der Waals surface area (Å²) in [6.45, 7) is 10.7. The second-order valence-corrected chi connectivity index (χ2v) is 8.48. The highest BCUT2D eigenvalue weighted by Crippen LogP contribution is 2.50. The van der Waals surface area contributed by atoms with Crippen molar-refractivity contribution in [1.82, 2.24) is 9.80 Å². The number of benzene rings is 1. The second-order valence-electron chi connectivity index (χ2n) is 8.04. The highest BCUT2D eigenvalue weighted by molar-refractivity contribution is 6.30. The van der Waals surface area contributed by atoms with Crippen molar-refractivity contribution in [3.8, 4) is 0 Å². The van der Waals surface area contributed by atoms with Crippen LogP contribution in [0.15, 0.2) is 24.3 Å². The Balaban J connectivity index is 1.55. The van der Waals surface area contributed by atoms with Crippen LogP contribution in [0.4, 0.5) is 0 Å². The molecule has 1 heterocycles. The maximum Gasteiger partial charge on any atom is 0.243 e. The molecular formula is C20H30ClN3O2. The molecule has 2 atom stereocenters. The van der Waals surface area contributed by atoms with Crippen LogP contribution in [0.2, 0.25) is 5.02 Å². The zero-order valence-corrected chi connectivity index (χ0v) is 16.8. The van der Waals surface area contributed by atoms with E-state index in [0.29, 0.717) is 26.1 Å². The van der Waals surface area contributed by atoms with E-state index < -0.39 is 5.54 Å². The Kier molecular flexibility index (Phi) is 5.63. The van der Waals surface area contributed by atoms with Crippen LogP contribution in [0.5, 0.6) is 0 Å². The van der Waals surface area contributed by atoms with Gasteiger partial charge in [0.2, 0.25) is 5.91 Å². The van der Waals surface area contributed by atoms with Crippen molar-refractivity contribution < 1.29 is 9.53 Å². The van der Waals surface area contributed by atoms with Gasteiger partial charge >= 0.3 is 0 Å². The monoisotopic (exact) mass is 379 g/mol. The summed E-state index contributed by atoms with van der Waals surface area (Å²) in [6, 6.07) is 7.95. The average Bonchev–Trinajstić information content (AvgIpc) is 2.61. The number of halogens is 1. The summed E-state index contributed by atoms with van der Waals surface area (Å²) in [5.41, 5.74) is 6.60. The van der Waals surface area contributed by atoms with Crippen LogP contribution in [0.3, 0.4) is 0 Å². The van der Waals surface area contributed by atoms with Gasteiger partial charge in [-0.1, -0.05) is 37.6 Å². The molecule has 2 aliphatic rings. The zero-order valence-electron chi connectivity index (χ0n) is 16.0. The predicted molar refractivity (Wildman–Crippen MR) is 104 cm³/mol. The zero-order chi connectivity index (χ0) is 18.9. The Hall–Kier alpha value is -1.14. The molecule has 1 aromatic carbocycles. The lowest BCUT2D eigenvalue weighted by molar-refractivity contribution is -0.180. The van der Waals surface area contributed by atoms with Gasteiger partial charge in [-0.05, 0) is 24.6 Å². The van der Waals surface area contributed by atoms with E-state index >= 15 is 0 Å². The van der Waals surface area contributed by atoms with Gasteiger partial charge in [0.15, 0.2) is 0 Å². The molecule has 2 N–H and O–H groups in total. The molecule has 6 heteroatoms. The first kappa shape index (κ1) is 19.6. The number of ether oxygens (including phenoxy) is 1. The fourth-order valence-corrected chi connectivity index (χ4v) is 4.30. The van der Waals surface area contributed by atoms with Crippen molar-refractivity contribution in [2.75, 3.05) is 32.8 Å². The van der Waals surface area contributed by atoms with Crippen molar-refractivity contribution in [3.63, 3.8) is 0 Å². The van der Waals surface area contributed by atoms with Gasteiger partial charge in [-0.15, -0.1) is 0 Å². The molecule has 2 unspecified atom stereocenters. The standard InChI is InChI=1S/C20H30ClN3O2/c1-4-26-17-13-20(22,19(17,2)3)18(25)24-10-8-23(9-11-24)14-15-6-5-7-16(21)12-15/h5-7,12,17H,4,8-11,13-14,22H2,1-3H3. The summed E-state index contributed by atoms with van der Waals surface area (Å²) in [4.78, 5) is 17.4. The van der Waals surface area contributed by atoms with E-state index in [1.165, 1.54) is 5.56 Å². The van der Waals surface area contributed by atoms with Gasteiger partial charge in [0.05, 0.1) is 6.10 Å². The SMILES string of the molecule is CCOC1CC(N)(C(=O)N2CCN(Cc3cccc(Cl)c3)CC2)C1(C)C. The highest BCUT2D eigenvalue weighted by Gasteiger charge is 2.63. The van der Waals surface area contributed by atoms with E-state index in [1.807, 2.05) is 43.9 Å². The van der Waals surface area contributed by atoms with Gasteiger partial charge in [-0.3, -0.25) is 9.69 Å². The molecular weight excluding hydrogens is 350 g/mol. The fraction of sp³-hybridized carbons (Fsp3) is 0.650. The number of nitrogens with two attached hydrogens (primary N) is 1. The first-order valence-electron chi connectivity index (χ1n) is 9.44. The van der Waals surface area contributed by atoms with E-state index in [9.17, 15) is 4.79 Å². The minimum Gasteiger partial charge on any atom is -0.378 e. The summed E-state index contributed by atoms with van der Waals surface area (Å²) in [5, 5.41) is 0.762. The van der Waals surface area contributed by atoms with Crippen LogP contribution >= 0.6 is 11.6 Å². The van der Waals surface area contributed by atoms with Gasteiger partial charge in [0.1, 0.15) is 5.54 Å². The van der Waals surface area contributed by atoms with Gasteiger partial charge in [-0.25, -0.2) is 0 Å². The van der Waals surface area contributed by atoms with Crippen molar-refractivity contribution in [1.29, 1.82) is 0 Å². The number of carbonyl (C=O) groups excluding carboxylic acids is 1. The van der Waals surface area contributed by atoms with Gasteiger partial charge < -0.3 is 15.4 Å². The molecule has 2 fully saturated rings. The molecule has 144 valence electrons. The smallest absolute Gasteiger partial charge is 0.243 e. The Labute approximate surface area is 161 Å². The Morgan fingerprint density at radius 2 is 2.00 bits per heavy atom. The van der Waals surface area contributed by atoms with E-state index in [-0.39, 0.29) is 17.4 Å². The number of nitrogens with zero attached hydrogens (tertiary/aromatic N) is 2. The lowest BCUT2D eigenvalue weighted by Crippen LogP contribution is -2.76. The molecule has 0 bridgehead atoms. The molecule has 26 heavy (non-hydrogen) atoms. The molecule has 1 aliphatic heterocycles. The molecule has 1 aromatic rings. The first-order chi connectivity index (χ1) is 12.3. The molecule has 1 saturated carbocycles. The third-order valence-corrected chi connectivity index (χ3v) is 6.40. The number of hydrogen-bond acceptors (Lipinski definition) is 4. The minimum absolute atomic E-state index is 0.0607. The molecule has 0 aromatic heterocycles.